The number of benzene rings is 1. The lowest BCUT2D eigenvalue weighted by molar-refractivity contribution is 0.398. The Kier molecular flexibility index (Phi) is 2.63. The first-order chi connectivity index (χ1) is 7.27. The fourth-order valence-electron chi connectivity index (χ4n) is 1.92. The van der Waals surface area contributed by atoms with Crippen LogP contribution in [0.5, 0.6) is 0 Å². The second-order valence-corrected chi connectivity index (χ2v) is 4.03. The van der Waals surface area contributed by atoms with Gasteiger partial charge in [-0.3, -0.25) is 0 Å². The second-order valence-electron chi connectivity index (χ2n) is 4.03. The zero-order valence-electron chi connectivity index (χ0n) is 9.23. The van der Waals surface area contributed by atoms with Gasteiger partial charge in [0.2, 0.25) is 0 Å². The summed E-state index contributed by atoms with van der Waals surface area (Å²) in [5.41, 5.74) is 1.30. The van der Waals surface area contributed by atoms with Gasteiger partial charge in [0.05, 0.1) is 11.7 Å². The van der Waals surface area contributed by atoms with Crippen LogP contribution in [0.4, 0.5) is 0 Å². The Hall–Kier alpha value is -1.50. The van der Waals surface area contributed by atoms with E-state index in [0.717, 1.165) is 12.2 Å². The summed E-state index contributed by atoms with van der Waals surface area (Å²) in [4.78, 5) is 0. The SMILES string of the molecule is CC[C@@](C)(c1ccccc1)c1ccco1. The van der Waals surface area contributed by atoms with Gasteiger partial charge >= 0.3 is 0 Å². The maximum Gasteiger partial charge on any atom is 0.113 e. The molecule has 0 unspecified atom stereocenters. The third kappa shape index (κ3) is 1.70. The molecule has 78 valence electrons. The highest BCUT2D eigenvalue weighted by atomic mass is 16.3. The van der Waals surface area contributed by atoms with Gasteiger partial charge in [-0.15, -0.1) is 0 Å². The van der Waals surface area contributed by atoms with Crippen LogP contribution >= 0.6 is 0 Å². The first-order valence-corrected chi connectivity index (χ1v) is 5.37. The minimum absolute atomic E-state index is 0.00917. The minimum Gasteiger partial charge on any atom is -0.468 e. The number of hydrogen-bond acceptors (Lipinski definition) is 1. The minimum atomic E-state index is -0.00917. The number of rotatable bonds is 3. The maximum absolute atomic E-state index is 5.54. The van der Waals surface area contributed by atoms with E-state index in [-0.39, 0.29) is 5.41 Å². The molecular weight excluding hydrogens is 184 g/mol. The van der Waals surface area contributed by atoms with Crippen LogP contribution in [-0.2, 0) is 5.41 Å². The Morgan fingerprint density at radius 2 is 1.80 bits per heavy atom. The van der Waals surface area contributed by atoms with Gasteiger partial charge in [-0.25, -0.2) is 0 Å². The summed E-state index contributed by atoms with van der Waals surface area (Å²) in [7, 11) is 0. The first kappa shape index (κ1) is 10.0. The summed E-state index contributed by atoms with van der Waals surface area (Å²) >= 11 is 0. The first-order valence-electron chi connectivity index (χ1n) is 5.37. The predicted octanol–water partition coefficient (Wildman–Crippen LogP) is 4.00. The molecule has 1 aromatic carbocycles. The van der Waals surface area contributed by atoms with Crippen molar-refractivity contribution in [2.75, 3.05) is 0 Å². The van der Waals surface area contributed by atoms with Gasteiger partial charge in [0.1, 0.15) is 5.76 Å². The fourth-order valence-corrected chi connectivity index (χ4v) is 1.92. The van der Waals surface area contributed by atoms with Crippen molar-refractivity contribution in [3.63, 3.8) is 0 Å². The highest BCUT2D eigenvalue weighted by Crippen LogP contribution is 2.34. The van der Waals surface area contributed by atoms with Crippen molar-refractivity contribution < 1.29 is 4.42 Å². The summed E-state index contributed by atoms with van der Waals surface area (Å²) in [6, 6.07) is 14.5. The van der Waals surface area contributed by atoms with Gasteiger partial charge in [-0.2, -0.15) is 0 Å². The summed E-state index contributed by atoms with van der Waals surface area (Å²) in [5, 5.41) is 0. The number of hydrogen-bond donors (Lipinski definition) is 0. The average Bonchev–Trinajstić information content (AvgIpc) is 2.83. The van der Waals surface area contributed by atoms with Crippen LogP contribution in [0.2, 0.25) is 0 Å². The molecule has 2 aromatic rings. The largest absolute Gasteiger partial charge is 0.468 e. The van der Waals surface area contributed by atoms with Crippen molar-refractivity contribution in [3.8, 4) is 0 Å². The van der Waals surface area contributed by atoms with Crippen molar-refractivity contribution in [1.82, 2.24) is 0 Å². The summed E-state index contributed by atoms with van der Waals surface area (Å²) in [5.74, 6) is 1.04. The van der Waals surface area contributed by atoms with Crippen molar-refractivity contribution in [2.24, 2.45) is 0 Å². The van der Waals surface area contributed by atoms with E-state index in [1.54, 1.807) is 6.26 Å². The van der Waals surface area contributed by atoms with E-state index in [1.165, 1.54) is 5.56 Å². The quantitative estimate of drug-likeness (QED) is 0.730. The van der Waals surface area contributed by atoms with Gasteiger partial charge in [-0.1, -0.05) is 37.3 Å². The van der Waals surface area contributed by atoms with E-state index in [2.05, 4.69) is 44.2 Å². The van der Waals surface area contributed by atoms with Gasteiger partial charge < -0.3 is 4.42 Å². The molecule has 0 aliphatic heterocycles. The fraction of sp³-hybridized carbons (Fsp3) is 0.286. The lowest BCUT2D eigenvalue weighted by Crippen LogP contribution is -2.21. The van der Waals surface area contributed by atoms with Gasteiger partial charge in [0, 0.05) is 0 Å². The Balaban J connectivity index is 2.47. The molecule has 0 amide bonds. The molecule has 1 atom stereocenters. The molecule has 0 bridgehead atoms. The molecule has 0 aliphatic carbocycles. The Morgan fingerprint density at radius 3 is 2.33 bits per heavy atom. The van der Waals surface area contributed by atoms with Crippen LogP contribution in [0, 0.1) is 0 Å². The summed E-state index contributed by atoms with van der Waals surface area (Å²) in [6.45, 7) is 4.41. The molecule has 0 aliphatic rings. The lowest BCUT2D eigenvalue weighted by Gasteiger charge is -2.26. The smallest absolute Gasteiger partial charge is 0.113 e. The van der Waals surface area contributed by atoms with Crippen molar-refractivity contribution in [1.29, 1.82) is 0 Å². The van der Waals surface area contributed by atoms with Gasteiger partial charge in [-0.05, 0) is 31.0 Å². The molecule has 0 fully saturated rings. The van der Waals surface area contributed by atoms with Crippen LogP contribution in [0.15, 0.2) is 53.1 Å². The predicted molar refractivity (Wildman–Crippen MR) is 61.9 cm³/mol. The van der Waals surface area contributed by atoms with Crippen LogP contribution in [-0.4, -0.2) is 0 Å². The molecule has 1 aromatic heterocycles. The van der Waals surface area contributed by atoms with E-state index in [0.29, 0.717) is 0 Å². The third-order valence-corrected chi connectivity index (χ3v) is 3.18. The zero-order valence-corrected chi connectivity index (χ0v) is 9.23. The Bertz CT molecular complexity index is 402. The van der Waals surface area contributed by atoms with Crippen LogP contribution < -0.4 is 0 Å². The molecule has 0 saturated carbocycles. The van der Waals surface area contributed by atoms with Crippen molar-refractivity contribution >= 4 is 0 Å². The van der Waals surface area contributed by atoms with Crippen LogP contribution in [0.1, 0.15) is 31.6 Å². The standard InChI is InChI=1S/C14H16O/c1-3-14(2,13-10-7-11-15-13)12-8-5-4-6-9-12/h4-11H,3H2,1-2H3/t14-/m0/s1. The molecule has 0 saturated heterocycles. The molecule has 2 rings (SSSR count). The van der Waals surface area contributed by atoms with Crippen LogP contribution in [0.25, 0.3) is 0 Å². The number of furan rings is 1. The average molecular weight is 200 g/mol. The summed E-state index contributed by atoms with van der Waals surface area (Å²) < 4.78 is 5.54. The monoisotopic (exact) mass is 200 g/mol. The van der Waals surface area contributed by atoms with Crippen LogP contribution in [0.3, 0.4) is 0 Å². The molecular formula is C14H16O. The molecule has 1 nitrogen and oxygen atoms in total. The second kappa shape index (κ2) is 3.93. The molecule has 0 radical (unpaired) electrons. The zero-order chi connectivity index (χ0) is 10.7. The van der Waals surface area contributed by atoms with Gasteiger partial charge in [0.15, 0.2) is 0 Å². The van der Waals surface area contributed by atoms with E-state index in [4.69, 9.17) is 4.42 Å². The van der Waals surface area contributed by atoms with Crippen molar-refractivity contribution in [3.05, 3.63) is 60.1 Å². The van der Waals surface area contributed by atoms with E-state index in [9.17, 15) is 0 Å². The molecule has 0 N–H and O–H groups in total. The topological polar surface area (TPSA) is 13.1 Å². The Labute approximate surface area is 90.7 Å². The molecule has 1 heterocycles. The highest BCUT2D eigenvalue weighted by Gasteiger charge is 2.29. The molecule has 15 heavy (non-hydrogen) atoms. The molecule has 0 spiro atoms. The third-order valence-electron chi connectivity index (χ3n) is 3.18. The van der Waals surface area contributed by atoms with Gasteiger partial charge in [0.25, 0.3) is 0 Å². The molecule has 1 heteroatoms. The maximum atomic E-state index is 5.54. The Morgan fingerprint density at radius 1 is 1.07 bits per heavy atom. The van der Waals surface area contributed by atoms with E-state index in [1.807, 2.05) is 12.1 Å². The van der Waals surface area contributed by atoms with Crippen molar-refractivity contribution in [2.45, 2.75) is 25.7 Å². The van der Waals surface area contributed by atoms with E-state index < -0.39 is 0 Å². The lowest BCUT2D eigenvalue weighted by atomic mass is 9.78. The normalized spacial score (nSPS) is 14.8. The highest BCUT2D eigenvalue weighted by molar-refractivity contribution is 5.33. The van der Waals surface area contributed by atoms with E-state index >= 15 is 0 Å². The summed E-state index contributed by atoms with van der Waals surface area (Å²) in [6.07, 6.45) is 2.77.